The van der Waals surface area contributed by atoms with E-state index in [9.17, 15) is 13.2 Å². The first kappa shape index (κ1) is 13.3. The SMILES string of the molecule is CCc1nc(CSCC(O)C(F)(F)F)no1. The number of halogens is 3. The maximum absolute atomic E-state index is 11.9. The number of aliphatic hydroxyl groups excluding tert-OH is 1. The normalized spacial score (nSPS) is 14.1. The van der Waals surface area contributed by atoms with Gasteiger partial charge in [-0.2, -0.15) is 29.9 Å². The molecule has 1 aromatic heterocycles. The van der Waals surface area contributed by atoms with Crippen LogP contribution in [-0.2, 0) is 12.2 Å². The highest BCUT2D eigenvalue weighted by molar-refractivity contribution is 7.98. The van der Waals surface area contributed by atoms with Crippen molar-refractivity contribution in [3.05, 3.63) is 11.7 Å². The van der Waals surface area contributed by atoms with E-state index < -0.39 is 18.0 Å². The average Bonchev–Trinajstić information content (AvgIpc) is 2.64. The molecule has 0 aliphatic carbocycles. The molecule has 0 radical (unpaired) electrons. The van der Waals surface area contributed by atoms with Gasteiger partial charge in [0.05, 0.1) is 5.75 Å². The highest BCUT2D eigenvalue weighted by atomic mass is 32.2. The molecule has 1 heterocycles. The summed E-state index contributed by atoms with van der Waals surface area (Å²) in [4.78, 5) is 3.93. The Hall–Kier alpha value is -0.760. The van der Waals surface area contributed by atoms with Crippen molar-refractivity contribution in [3.8, 4) is 0 Å². The van der Waals surface area contributed by atoms with Gasteiger partial charge in [0.1, 0.15) is 0 Å². The molecule has 1 rings (SSSR count). The lowest BCUT2D eigenvalue weighted by Gasteiger charge is -2.12. The van der Waals surface area contributed by atoms with Crippen molar-refractivity contribution < 1.29 is 22.8 Å². The largest absolute Gasteiger partial charge is 0.415 e. The Morgan fingerprint density at radius 3 is 2.69 bits per heavy atom. The molecule has 4 nitrogen and oxygen atoms in total. The molecular weight excluding hydrogens is 245 g/mol. The van der Waals surface area contributed by atoms with Gasteiger partial charge in [0, 0.05) is 12.2 Å². The maximum atomic E-state index is 11.9. The van der Waals surface area contributed by atoms with Crippen LogP contribution >= 0.6 is 11.8 Å². The van der Waals surface area contributed by atoms with E-state index in [1.54, 1.807) is 0 Å². The zero-order valence-electron chi connectivity index (χ0n) is 8.49. The Labute approximate surface area is 94.2 Å². The second kappa shape index (κ2) is 5.53. The summed E-state index contributed by atoms with van der Waals surface area (Å²) in [6, 6.07) is 0. The minimum atomic E-state index is -4.57. The van der Waals surface area contributed by atoms with Crippen molar-refractivity contribution in [2.24, 2.45) is 0 Å². The summed E-state index contributed by atoms with van der Waals surface area (Å²) in [6.07, 6.45) is -6.29. The van der Waals surface area contributed by atoms with E-state index in [0.29, 0.717) is 18.1 Å². The fourth-order valence-electron chi connectivity index (χ4n) is 0.849. The molecule has 92 valence electrons. The Morgan fingerprint density at radius 1 is 1.50 bits per heavy atom. The van der Waals surface area contributed by atoms with E-state index in [-0.39, 0.29) is 5.75 Å². The van der Waals surface area contributed by atoms with Crippen LogP contribution in [-0.4, -0.2) is 33.3 Å². The number of aromatic nitrogens is 2. The van der Waals surface area contributed by atoms with Gasteiger partial charge in [-0.1, -0.05) is 12.1 Å². The number of hydrogen-bond acceptors (Lipinski definition) is 5. The number of thioether (sulfide) groups is 1. The smallest absolute Gasteiger partial charge is 0.383 e. The molecule has 16 heavy (non-hydrogen) atoms. The zero-order chi connectivity index (χ0) is 12.2. The summed E-state index contributed by atoms with van der Waals surface area (Å²) in [7, 11) is 0. The number of nitrogens with zero attached hydrogens (tertiary/aromatic N) is 2. The molecule has 0 bridgehead atoms. The third-order valence-corrected chi connectivity index (χ3v) is 2.71. The molecule has 0 aliphatic heterocycles. The number of alkyl halides is 3. The molecule has 1 aromatic rings. The van der Waals surface area contributed by atoms with Crippen LogP contribution in [0.2, 0.25) is 0 Å². The number of rotatable bonds is 5. The molecule has 0 aliphatic rings. The molecule has 0 spiro atoms. The number of hydrogen-bond donors (Lipinski definition) is 1. The van der Waals surface area contributed by atoms with Crippen molar-refractivity contribution >= 4 is 11.8 Å². The first-order chi connectivity index (χ1) is 7.43. The summed E-state index contributed by atoms with van der Waals surface area (Å²) in [5.74, 6) is 0.555. The molecule has 1 unspecified atom stereocenters. The van der Waals surface area contributed by atoms with Crippen LogP contribution in [0.25, 0.3) is 0 Å². The summed E-state index contributed by atoms with van der Waals surface area (Å²) in [6.45, 7) is 1.83. The lowest BCUT2D eigenvalue weighted by Crippen LogP contribution is -2.30. The van der Waals surface area contributed by atoms with E-state index in [2.05, 4.69) is 10.1 Å². The van der Waals surface area contributed by atoms with Gasteiger partial charge in [-0.3, -0.25) is 0 Å². The van der Waals surface area contributed by atoms with E-state index in [0.717, 1.165) is 11.8 Å². The Morgan fingerprint density at radius 2 is 2.19 bits per heavy atom. The Balaban J connectivity index is 2.30. The summed E-state index contributed by atoms with van der Waals surface area (Å²) in [5, 5.41) is 12.3. The minimum absolute atomic E-state index is 0.191. The Bertz CT molecular complexity index is 329. The van der Waals surface area contributed by atoms with Crippen molar-refractivity contribution in [2.45, 2.75) is 31.4 Å². The van der Waals surface area contributed by atoms with Crippen LogP contribution in [0.5, 0.6) is 0 Å². The fraction of sp³-hybridized carbons (Fsp3) is 0.750. The second-order valence-electron chi connectivity index (χ2n) is 3.03. The Kier molecular flexibility index (Phi) is 4.60. The van der Waals surface area contributed by atoms with E-state index in [4.69, 9.17) is 9.63 Å². The highest BCUT2D eigenvalue weighted by Crippen LogP contribution is 2.23. The van der Waals surface area contributed by atoms with Gasteiger partial charge in [-0.25, -0.2) is 0 Å². The third kappa shape index (κ3) is 4.01. The first-order valence-electron chi connectivity index (χ1n) is 4.57. The van der Waals surface area contributed by atoms with Crippen molar-refractivity contribution in [3.63, 3.8) is 0 Å². The van der Waals surface area contributed by atoms with Crippen LogP contribution in [0.15, 0.2) is 4.52 Å². The molecule has 0 aromatic carbocycles. The number of aryl methyl sites for hydroxylation is 1. The van der Waals surface area contributed by atoms with Crippen molar-refractivity contribution in [1.29, 1.82) is 0 Å². The van der Waals surface area contributed by atoms with Gasteiger partial charge in [-0.15, -0.1) is 0 Å². The van der Waals surface area contributed by atoms with Gasteiger partial charge in [0.25, 0.3) is 0 Å². The molecule has 0 saturated heterocycles. The zero-order valence-corrected chi connectivity index (χ0v) is 9.31. The first-order valence-corrected chi connectivity index (χ1v) is 5.73. The van der Waals surface area contributed by atoms with Gasteiger partial charge in [-0.05, 0) is 0 Å². The monoisotopic (exact) mass is 256 g/mol. The second-order valence-corrected chi connectivity index (χ2v) is 4.06. The molecular formula is C8H11F3N2O2S. The van der Waals surface area contributed by atoms with Crippen molar-refractivity contribution in [2.75, 3.05) is 5.75 Å². The van der Waals surface area contributed by atoms with E-state index >= 15 is 0 Å². The van der Waals surface area contributed by atoms with Crippen LogP contribution in [0.4, 0.5) is 13.2 Å². The molecule has 1 N–H and O–H groups in total. The summed E-state index contributed by atoms with van der Waals surface area (Å²) < 4.78 is 40.5. The lowest BCUT2D eigenvalue weighted by molar-refractivity contribution is -0.195. The van der Waals surface area contributed by atoms with Crippen LogP contribution in [0.3, 0.4) is 0 Å². The highest BCUT2D eigenvalue weighted by Gasteiger charge is 2.37. The molecule has 0 amide bonds. The van der Waals surface area contributed by atoms with E-state index in [1.165, 1.54) is 0 Å². The summed E-state index contributed by atoms with van der Waals surface area (Å²) >= 11 is 0.910. The predicted molar refractivity (Wildman–Crippen MR) is 51.9 cm³/mol. The van der Waals surface area contributed by atoms with Crippen LogP contribution in [0, 0.1) is 0 Å². The third-order valence-electron chi connectivity index (χ3n) is 1.70. The molecule has 0 fully saturated rings. The topological polar surface area (TPSA) is 59.2 Å². The van der Waals surface area contributed by atoms with Crippen LogP contribution in [0.1, 0.15) is 18.6 Å². The van der Waals surface area contributed by atoms with Gasteiger partial charge < -0.3 is 9.63 Å². The average molecular weight is 256 g/mol. The fourth-order valence-corrected chi connectivity index (χ4v) is 1.68. The molecule has 1 atom stereocenters. The van der Waals surface area contributed by atoms with Crippen LogP contribution < -0.4 is 0 Å². The van der Waals surface area contributed by atoms with Gasteiger partial charge in [0.15, 0.2) is 11.9 Å². The van der Waals surface area contributed by atoms with Gasteiger partial charge in [0.2, 0.25) is 5.89 Å². The number of aliphatic hydroxyl groups is 1. The van der Waals surface area contributed by atoms with Gasteiger partial charge >= 0.3 is 6.18 Å². The van der Waals surface area contributed by atoms with Crippen molar-refractivity contribution in [1.82, 2.24) is 10.1 Å². The van der Waals surface area contributed by atoms with E-state index in [1.807, 2.05) is 6.92 Å². The summed E-state index contributed by atoms with van der Waals surface area (Å²) in [5.41, 5.74) is 0. The molecule has 8 heteroatoms. The maximum Gasteiger partial charge on any atom is 0.415 e. The standard InChI is InChI=1S/C8H11F3N2O2S/c1-2-7-12-6(13-15-7)4-16-3-5(14)8(9,10)11/h5,14H,2-4H2,1H3. The minimum Gasteiger partial charge on any atom is -0.383 e. The lowest BCUT2D eigenvalue weighted by atomic mass is 10.4. The predicted octanol–water partition coefficient (Wildman–Crippen LogP) is 1.79. The quantitative estimate of drug-likeness (QED) is 0.870. The molecule has 0 saturated carbocycles.